The lowest BCUT2D eigenvalue weighted by molar-refractivity contribution is 0.0665. The summed E-state index contributed by atoms with van der Waals surface area (Å²) in [4.78, 5) is 13.1. The zero-order valence-corrected chi connectivity index (χ0v) is 11.1. The third-order valence-corrected chi connectivity index (χ3v) is 3.63. The topological polar surface area (TPSA) is 73.9 Å². The van der Waals surface area contributed by atoms with Gasteiger partial charge in [-0.3, -0.25) is 4.90 Å². The number of carboxylic acids is 1. The molecule has 0 atom stereocenters. The predicted molar refractivity (Wildman–Crippen MR) is 73.7 cm³/mol. The van der Waals surface area contributed by atoms with E-state index in [-0.39, 0.29) is 12.4 Å². The van der Waals surface area contributed by atoms with Crippen molar-refractivity contribution in [2.45, 2.75) is 25.4 Å². The largest absolute Gasteiger partial charge is 0.475 e. The molecule has 0 unspecified atom stereocenters. The van der Waals surface area contributed by atoms with Crippen LogP contribution in [0.3, 0.4) is 0 Å². The molecule has 1 aliphatic carbocycles. The maximum Gasteiger partial charge on any atom is 0.371 e. The highest BCUT2D eigenvalue weighted by Gasteiger charge is 2.28. The average Bonchev–Trinajstić information content (AvgIpc) is 3.17. The van der Waals surface area contributed by atoms with E-state index in [1.165, 1.54) is 12.8 Å². The Labute approximate surface area is 116 Å². The summed E-state index contributed by atoms with van der Waals surface area (Å²) in [5, 5.41) is 18.8. The second-order valence-corrected chi connectivity index (χ2v) is 5.21. The van der Waals surface area contributed by atoms with Crippen molar-refractivity contribution in [3.05, 3.63) is 35.6 Å². The molecule has 0 spiro atoms. The van der Waals surface area contributed by atoms with E-state index in [1.807, 2.05) is 12.1 Å². The minimum Gasteiger partial charge on any atom is -0.475 e. The number of carboxylic acid groups (broad SMARTS) is 1. The van der Waals surface area contributed by atoms with Gasteiger partial charge in [-0.1, -0.05) is 6.07 Å². The SMILES string of the molecule is O=C(O)c1cc2cc(CN(CCO)C3CC3)ccc2o1. The lowest BCUT2D eigenvalue weighted by atomic mass is 10.1. The van der Waals surface area contributed by atoms with Crippen LogP contribution in [0, 0.1) is 0 Å². The molecule has 5 heteroatoms. The van der Waals surface area contributed by atoms with Crippen LogP contribution in [-0.2, 0) is 6.54 Å². The van der Waals surface area contributed by atoms with Gasteiger partial charge in [0.05, 0.1) is 6.61 Å². The van der Waals surface area contributed by atoms with Crippen molar-refractivity contribution in [1.82, 2.24) is 4.90 Å². The monoisotopic (exact) mass is 275 g/mol. The van der Waals surface area contributed by atoms with Gasteiger partial charge in [0.2, 0.25) is 5.76 Å². The zero-order chi connectivity index (χ0) is 14.1. The van der Waals surface area contributed by atoms with Gasteiger partial charge in [0, 0.05) is 24.5 Å². The van der Waals surface area contributed by atoms with Crippen LogP contribution in [0.25, 0.3) is 11.0 Å². The number of benzene rings is 1. The summed E-state index contributed by atoms with van der Waals surface area (Å²) >= 11 is 0. The molecular weight excluding hydrogens is 258 g/mol. The summed E-state index contributed by atoms with van der Waals surface area (Å²) in [7, 11) is 0. The second-order valence-electron chi connectivity index (χ2n) is 5.21. The molecule has 5 nitrogen and oxygen atoms in total. The lowest BCUT2D eigenvalue weighted by Crippen LogP contribution is -2.28. The van der Waals surface area contributed by atoms with Gasteiger partial charge in [-0.25, -0.2) is 4.79 Å². The molecule has 1 aromatic carbocycles. The number of aliphatic hydroxyl groups excluding tert-OH is 1. The van der Waals surface area contributed by atoms with E-state index in [0.29, 0.717) is 18.2 Å². The van der Waals surface area contributed by atoms with Crippen molar-refractivity contribution in [2.24, 2.45) is 0 Å². The molecule has 0 aliphatic heterocycles. The molecule has 3 rings (SSSR count). The molecule has 1 fully saturated rings. The molecule has 0 radical (unpaired) electrons. The van der Waals surface area contributed by atoms with Crippen LogP contribution in [0.4, 0.5) is 0 Å². The number of aromatic carboxylic acids is 1. The first-order valence-electron chi connectivity index (χ1n) is 6.78. The Bertz CT molecular complexity index is 630. The second kappa shape index (κ2) is 5.26. The standard InChI is InChI=1S/C15H17NO4/c17-6-5-16(12-2-3-12)9-10-1-4-13-11(7-10)8-14(20-13)15(18)19/h1,4,7-8,12,17H,2-3,5-6,9H2,(H,18,19). The molecular formula is C15H17NO4. The number of nitrogens with zero attached hydrogens (tertiary/aromatic N) is 1. The third-order valence-electron chi connectivity index (χ3n) is 3.63. The van der Waals surface area contributed by atoms with Gasteiger partial charge in [-0.15, -0.1) is 0 Å². The van der Waals surface area contributed by atoms with E-state index in [1.54, 1.807) is 12.1 Å². The first-order chi connectivity index (χ1) is 9.67. The highest BCUT2D eigenvalue weighted by Crippen LogP contribution is 2.29. The van der Waals surface area contributed by atoms with Crippen molar-refractivity contribution in [3.63, 3.8) is 0 Å². The number of hydrogen-bond acceptors (Lipinski definition) is 4. The van der Waals surface area contributed by atoms with E-state index in [0.717, 1.165) is 17.5 Å². The van der Waals surface area contributed by atoms with Crippen LogP contribution in [0.1, 0.15) is 29.0 Å². The smallest absolute Gasteiger partial charge is 0.371 e. The van der Waals surface area contributed by atoms with Crippen molar-refractivity contribution in [2.75, 3.05) is 13.2 Å². The number of fused-ring (bicyclic) bond motifs is 1. The van der Waals surface area contributed by atoms with E-state index in [9.17, 15) is 4.79 Å². The van der Waals surface area contributed by atoms with Gasteiger partial charge in [0.15, 0.2) is 0 Å². The number of furan rings is 1. The fourth-order valence-corrected chi connectivity index (χ4v) is 2.49. The van der Waals surface area contributed by atoms with Crippen LogP contribution in [-0.4, -0.2) is 40.3 Å². The number of hydrogen-bond donors (Lipinski definition) is 2. The maximum absolute atomic E-state index is 10.9. The third kappa shape index (κ3) is 2.69. The predicted octanol–water partition coefficient (Wildman–Crippen LogP) is 2.09. The molecule has 2 aromatic rings. The molecule has 0 amide bonds. The van der Waals surface area contributed by atoms with Crippen molar-refractivity contribution in [1.29, 1.82) is 0 Å². The lowest BCUT2D eigenvalue weighted by Gasteiger charge is -2.20. The van der Waals surface area contributed by atoms with Gasteiger partial charge < -0.3 is 14.6 Å². The minimum atomic E-state index is -1.05. The molecule has 106 valence electrons. The summed E-state index contributed by atoms with van der Waals surface area (Å²) in [6.45, 7) is 1.61. The number of carbonyl (C=O) groups is 1. The van der Waals surface area contributed by atoms with Crippen LogP contribution < -0.4 is 0 Å². The first kappa shape index (κ1) is 13.1. The summed E-state index contributed by atoms with van der Waals surface area (Å²) in [5.74, 6) is -1.09. The van der Waals surface area contributed by atoms with E-state index in [2.05, 4.69) is 4.90 Å². The Morgan fingerprint density at radius 1 is 1.35 bits per heavy atom. The molecule has 20 heavy (non-hydrogen) atoms. The Morgan fingerprint density at radius 3 is 2.80 bits per heavy atom. The maximum atomic E-state index is 10.9. The average molecular weight is 275 g/mol. The van der Waals surface area contributed by atoms with Gasteiger partial charge >= 0.3 is 5.97 Å². The first-order valence-corrected chi connectivity index (χ1v) is 6.78. The zero-order valence-electron chi connectivity index (χ0n) is 11.1. The van der Waals surface area contributed by atoms with E-state index in [4.69, 9.17) is 14.6 Å². The van der Waals surface area contributed by atoms with Crippen LogP contribution in [0.5, 0.6) is 0 Å². The summed E-state index contributed by atoms with van der Waals surface area (Å²) in [6, 6.07) is 7.84. The van der Waals surface area contributed by atoms with Gasteiger partial charge in [-0.2, -0.15) is 0 Å². The number of rotatable bonds is 6. The van der Waals surface area contributed by atoms with Crippen LogP contribution in [0.15, 0.2) is 28.7 Å². The molecule has 1 heterocycles. The van der Waals surface area contributed by atoms with Gasteiger partial charge in [0.1, 0.15) is 5.58 Å². The fraction of sp³-hybridized carbons (Fsp3) is 0.400. The van der Waals surface area contributed by atoms with Gasteiger partial charge in [-0.05, 0) is 36.6 Å². The molecule has 1 saturated carbocycles. The fourth-order valence-electron chi connectivity index (χ4n) is 2.49. The van der Waals surface area contributed by atoms with Gasteiger partial charge in [0.25, 0.3) is 0 Å². The summed E-state index contributed by atoms with van der Waals surface area (Å²) in [6.07, 6.45) is 2.38. The summed E-state index contributed by atoms with van der Waals surface area (Å²) < 4.78 is 5.24. The molecule has 1 aromatic heterocycles. The molecule has 0 bridgehead atoms. The minimum absolute atomic E-state index is 0.0356. The van der Waals surface area contributed by atoms with Crippen molar-refractivity contribution < 1.29 is 19.4 Å². The number of aliphatic hydroxyl groups is 1. The Balaban J connectivity index is 1.82. The molecule has 0 saturated heterocycles. The van der Waals surface area contributed by atoms with Crippen molar-refractivity contribution in [3.8, 4) is 0 Å². The Morgan fingerprint density at radius 2 is 2.15 bits per heavy atom. The van der Waals surface area contributed by atoms with Crippen LogP contribution >= 0.6 is 0 Å². The van der Waals surface area contributed by atoms with Crippen molar-refractivity contribution >= 4 is 16.9 Å². The summed E-state index contributed by atoms with van der Waals surface area (Å²) in [5.41, 5.74) is 1.70. The molecule has 2 N–H and O–H groups in total. The highest BCUT2D eigenvalue weighted by molar-refractivity contribution is 5.91. The Kier molecular flexibility index (Phi) is 3.46. The normalized spacial score (nSPS) is 15.1. The quantitative estimate of drug-likeness (QED) is 0.844. The van der Waals surface area contributed by atoms with E-state index < -0.39 is 5.97 Å². The Hall–Kier alpha value is -1.85. The molecule has 1 aliphatic rings. The van der Waals surface area contributed by atoms with Crippen LogP contribution in [0.2, 0.25) is 0 Å². The van der Waals surface area contributed by atoms with E-state index >= 15 is 0 Å². The highest BCUT2D eigenvalue weighted by atomic mass is 16.4.